The summed E-state index contributed by atoms with van der Waals surface area (Å²) in [5.41, 5.74) is -1.97. The maximum Gasteiger partial charge on any atom is 0.348 e. The van der Waals surface area contributed by atoms with Gasteiger partial charge in [-0.2, -0.15) is 0 Å². The monoisotopic (exact) mass is 512 g/mol. The summed E-state index contributed by atoms with van der Waals surface area (Å²) < 4.78 is 4.86. The van der Waals surface area contributed by atoms with Crippen LogP contribution in [0.2, 0.25) is 0 Å². The quantitative estimate of drug-likeness (QED) is 0.0654. The van der Waals surface area contributed by atoms with E-state index < -0.39 is 24.1 Å². The van der Waals surface area contributed by atoms with Crippen molar-refractivity contribution in [3.63, 3.8) is 0 Å². The Labute approximate surface area is 223 Å². The Morgan fingerprint density at radius 3 is 1.25 bits per heavy atom. The molecule has 2 N–H and O–H groups in total. The van der Waals surface area contributed by atoms with Gasteiger partial charge in [0.25, 0.3) is 0 Å². The fraction of sp³-hybridized carbons (Fsp3) is 0.935. The van der Waals surface area contributed by atoms with Gasteiger partial charge in [-0.1, -0.05) is 149 Å². The molecule has 0 aromatic carbocycles. The summed E-state index contributed by atoms with van der Waals surface area (Å²) in [6.45, 7) is 3.74. The highest BCUT2D eigenvalue weighted by Gasteiger charge is 2.37. The number of ether oxygens (including phenoxy) is 1. The standard InChI is InChI=1S/C31H60O5/c1-3-5-7-9-11-13-14-15-16-17-18-19-20-22-24-26-29(33)36-30(34)31(35,28-32)27-25-23-21-12-10-8-6-4-2/h32,35H,3-28H2,1-2H3. The molecule has 0 radical (unpaired) electrons. The third kappa shape index (κ3) is 21.2. The number of rotatable bonds is 27. The third-order valence-corrected chi connectivity index (χ3v) is 7.28. The smallest absolute Gasteiger partial charge is 0.348 e. The van der Waals surface area contributed by atoms with Crippen LogP contribution in [0.4, 0.5) is 0 Å². The van der Waals surface area contributed by atoms with Crippen LogP contribution in [0.15, 0.2) is 0 Å². The zero-order valence-electron chi connectivity index (χ0n) is 24.0. The zero-order chi connectivity index (χ0) is 26.7. The van der Waals surface area contributed by atoms with Gasteiger partial charge in [-0.15, -0.1) is 0 Å². The Bertz CT molecular complexity index is 507. The maximum absolute atomic E-state index is 12.3. The molecule has 5 heteroatoms. The molecule has 0 aliphatic heterocycles. The van der Waals surface area contributed by atoms with Gasteiger partial charge in [0, 0.05) is 6.42 Å². The molecule has 0 aliphatic rings. The number of hydrogen-bond acceptors (Lipinski definition) is 5. The molecule has 1 unspecified atom stereocenters. The highest BCUT2D eigenvalue weighted by molar-refractivity contribution is 5.90. The molecule has 214 valence electrons. The van der Waals surface area contributed by atoms with Gasteiger partial charge in [0.2, 0.25) is 0 Å². The minimum absolute atomic E-state index is 0.129. The van der Waals surface area contributed by atoms with E-state index in [-0.39, 0.29) is 12.8 Å². The second-order valence-corrected chi connectivity index (χ2v) is 10.9. The molecule has 0 amide bonds. The number of unbranched alkanes of at least 4 members (excludes halogenated alkanes) is 21. The summed E-state index contributed by atoms with van der Waals surface area (Å²) in [5.74, 6) is -1.60. The van der Waals surface area contributed by atoms with E-state index in [1.54, 1.807) is 0 Å². The van der Waals surface area contributed by atoms with E-state index in [9.17, 15) is 19.8 Å². The lowest BCUT2D eigenvalue weighted by Gasteiger charge is -2.23. The van der Waals surface area contributed by atoms with Crippen molar-refractivity contribution >= 4 is 11.9 Å². The molecule has 0 aliphatic carbocycles. The predicted molar refractivity (Wildman–Crippen MR) is 150 cm³/mol. The number of carbonyl (C=O) groups is 2. The number of esters is 2. The summed E-state index contributed by atoms with van der Waals surface area (Å²) >= 11 is 0. The summed E-state index contributed by atoms with van der Waals surface area (Å²) in [4.78, 5) is 24.3. The molecule has 0 rings (SSSR count). The van der Waals surface area contributed by atoms with Gasteiger partial charge >= 0.3 is 11.9 Å². The number of aliphatic hydroxyl groups excluding tert-OH is 1. The van der Waals surface area contributed by atoms with Crippen molar-refractivity contribution in [2.45, 2.75) is 180 Å². The lowest BCUT2D eigenvalue weighted by atomic mass is 9.96. The van der Waals surface area contributed by atoms with E-state index >= 15 is 0 Å². The van der Waals surface area contributed by atoms with Crippen LogP contribution in [0.3, 0.4) is 0 Å². The molecule has 0 saturated heterocycles. The molecule has 0 fully saturated rings. The van der Waals surface area contributed by atoms with Crippen molar-refractivity contribution in [2.75, 3.05) is 6.61 Å². The van der Waals surface area contributed by atoms with Crippen molar-refractivity contribution in [3.8, 4) is 0 Å². The summed E-state index contributed by atoms with van der Waals surface area (Å²) in [6, 6.07) is 0. The lowest BCUT2D eigenvalue weighted by molar-refractivity contribution is -0.178. The zero-order valence-corrected chi connectivity index (χ0v) is 24.0. The van der Waals surface area contributed by atoms with Crippen LogP contribution >= 0.6 is 0 Å². The molecule has 0 saturated carbocycles. The fourth-order valence-corrected chi connectivity index (χ4v) is 4.69. The average molecular weight is 513 g/mol. The van der Waals surface area contributed by atoms with Crippen LogP contribution < -0.4 is 0 Å². The van der Waals surface area contributed by atoms with Gasteiger partial charge in [0.1, 0.15) is 0 Å². The van der Waals surface area contributed by atoms with Gasteiger partial charge in [-0.3, -0.25) is 4.79 Å². The third-order valence-electron chi connectivity index (χ3n) is 7.28. The van der Waals surface area contributed by atoms with E-state index in [0.29, 0.717) is 12.8 Å². The first kappa shape index (κ1) is 35.1. The predicted octanol–water partition coefficient (Wildman–Crippen LogP) is 8.57. The molecule has 5 nitrogen and oxygen atoms in total. The second kappa shape index (κ2) is 25.7. The minimum Gasteiger partial charge on any atom is -0.393 e. The van der Waals surface area contributed by atoms with E-state index in [4.69, 9.17) is 4.74 Å². The molecule has 0 heterocycles. The van der Waals surface area contributed by atoms with Gasteiger partial charge in [-0.05, 0) is 19.3 Å². The molecular formula is C31H60O5. The molecule has 0 bridgehead atoms. The Kier molecular flexibility index (Phi) is 25.0. The van der Waals surface area contributed by atoms with Crippen LogP contribution in [0.5, 0.6) is 0 Å². The second-order valence-electron chi connectivity index (χ2n) is 10.9. The van der Waals surface area contributed by atoms with Gasteiger partial charge < -0.3 is 14.9 Å². The first-order valence-electron chi connectivity index (χ1n) is 15.6. The van der Waals surface area contributed by atoms with Crippen molar-refractivity contribution in [2.24, 2.45) is 0 Å². The molecule has 0 aromatic heterocycles. The molecule has 1 atom stereocenters. The van der Waals surface area contributed by atoms with Gasteiger partial charge in [-0.25, -0.2) is 4.79 Å². The van der Waals surface area contributed by atoms with Gasteiger partial charge in [0.05, 0.1) is 6.61 Å². The molecular weight excluding hydrogens is 452 g/mol. The Morgan fingerprint density at radius 2 is 0.889 bits per heavy atom. The van der Waals surface area contributed by atoms with Crippen molar-refractivity contribution < 1.29 is 24.5 Å². The van der Waals surface area contributed by atoms with Gasteiger partial charge in [0.15, 0.2) is 5.60 Å². The van der Waals surface area contributed by atoms with Crippen molar-refractivity contribution in [1.82, 2.24) is 0 Å². The summed E-state index contributed by atoms with van der Waals surface area (Å²) in [5, 5.41) is 20.0. The topological polar surface area (TPSA) is 83.8 Å². The first-order valence-corrected chi connectivity index (χ1v) is 15.6. The number of hydrogen-bond donors (Lipinski definition) is 2. The lowest BCUT2D eigenvalue weighted by Crippen LogP contribution is -2.44. The normalized spacial score (nSPS) is 13.0. The Hall–Kier alpha value is -0.940. The van der Waals surface area contributed by atoms with Crippen LogP contribution in [-0.4, -0.2) is 34.4 Å². The van der Waals surface area contributed by atoms with Crippen LogP contribution in [0, 0.1) is 0 Å². The molecule has 36 heavy (non-hydrogen) atoms. The average Bonchev–Trinajstić information content (AvgIpc) is 2.87. The van der Waals surface area contributed by atoms with Crippen molar-refractivity contribution in [3.05, 3.63) is 0 Å². The SMILES string of the molecule is CCCCCCCCCCCCCCCCCC(=O)OC(=O)C(O)(CO)CCCCCCCCCC. The van der Waals surface area contributed by atoms with Crippen LogP contribution in [-0.2, 0) is 14.3 Å². The van der Waals surface area contributed by atoms with Crippen LogP contribution in [0.25, 0.3) is 0 Å². The number of carbonyl (C=O) groups excluding carboxylic acids is 2. The first-order chi connectivity index (χ1) is 17.5. The minimum atomic E-state index is -1.97. The molecule has 0 spiro atoms. The van der Waals surface area contributed by atoms with E-state index in [1.807, 2.05) is 0 Å². The van der Waals surface area contributed by atoms with E-state index in [0.717, 1.165) is 32.1 Å². The Balaban J connectivity index is 3.68. The fourth-order valence-electron chi connectivity index (χ4n) is 4.69. The van der Waals surface area contributed by atoms with Crippen LogP contribution in [0.1, 0.15) is 174 Å². The van der Waals surface area contributed by atoms with E-state index in [1.165, 1.54) is 103 Å². The highest BCUT2D eigenvalue weighted by atomic mass is 16.6. The molecule has 0 aromatic rings. The van der Waals surface area contributed by atoms with Crippen molar-refractivity contribution in [1.29, 1.82) is 0 Å². The largest absolute Gasteiger partial charge is 0.393 e. The number of aliphatic hydroxyl groups is 2. The maximum atomic E-state index is 12.3. The Morgan fingerprint density at radius 1 is 0.556 bits per heavy atom. The van der Waals surface area contributed by atoms with E-state index in [2.05, 4.69) is 13.8 Å². The highest BCUT2D eigenvalue weighted by Crippen LogP contribution is 2.19. The summed E-state index contributed by atoms with van der Waals surface area (Å²) in [6.07, 6.45) is 27.8. The summed E-state index contributed by atoms with van der Waals surface area (Å²) in [7, 11) is 0.